The molecule has 6 nitrogen and oxygen atoms in total. The maximum absolute atomic E-state index is 12.3. The summed E-state index contributed by atoms with van der Waals surface area (Å²) in [6, 6.07) is 15.9. The zero-order chi connectivity index (χ0) is 20.8. The molecule has 0 spiro atoms. The van der Waals surface area contributed by atoms with Crippen molar-refractivity contribution in [1.82, 2.24) is 10.6 Å². The van der Waals surface area contributed by atoms with Crippen molar-refractivity contribution in [2.75, 3.05) is 26.2 Å². The number of carbonyl (C=O) groups excluding carboxylic acids is 2. The molecule has 0 saturated carbocycles. The minimum atomic E-state index is -0.560. The normalized spacial score (nSPS) is 21.1. The molecule has 30 heavy (non-hydrogen) atoms. The Balaban J connectivity index is 1.37. The summed E-state index contributed by atoms with van der Waals surface area (Å²) < 4.78 is 11.2. The maximum atomic E-state index is 12.3. The predicted octanol–water partition coefficient (Wildman–Crippen LogP) is 2.40. The van der Waals surface area contributed by atoms with Crippen LogP contribution in [0.5, 0.6) is 0 Å². The highest BCUT2D eigenvalue weighted by Crippen LogP contribution is 2.25. The number of rotatable bonds is 4. The molecule has 0 aromatic heterocycles. The van der Waals surface area contributed by atoms with Gasteiger partial charge in [-0.2, -0.15) is 0 Å². The number of hydrogen-bond donors (Lipinski definition) is 2. The van der Waals surface area contributed by atoms with E-state index in [9.17, 15) is 9.59 Å². The molecule has 0 saturated heterocycles. The van der Waals surface area contributed by atoms with E-state index in [2.05, 4.69) is 22.8 Å². The third kappa shape index (κ3) is 4.96. The van der Waals surface area contributed by atoms with Crippen molar-refractivity contribution in [1.29, 1.82) is 0 Å². The lowest BCUT2D eigenvalue weighted by atomic mass is 10.0. The highest BCUT2D eigenvalue weighted by Gasteiger charge is 2.22. The van der Waals surface area contributed by atoms with E-state index in [1.807, 2.05) is 36.4 Å². The van der Waals surface area contributed by atoms with Gasteiger partial charge in [-0.15, -0.1) is 0 Å². The van der Waals surface area contributed by atoms with E-state index in [0.717, 1.165) is 49.2 Å². The Bertz CT molecular complexity index is 865. The molecule has 0 amide bonds. The Kier molecular flexibility index (Phi) is 6.57. The first-order valence-corrected chi connectivity index (χ1v) is 10.4. The van der Waals surface area contributed by atoms with E-state index in [1.165, 1.54) is 11.1 Å². The molecule has 6 heteroatoms. The van der Waals surface area contributed by atoms with Crippen LogP contribution >= 0.6 is 0 Å². The summed E-state index contributed by atoms with van der Waals surface area (Å²) in [5.41, 5.74) is 4.35. The zero-order valence-electron chi connectivity index (χ0n) is 16.8. The minimum Gasteiger partial charge on any atom is -0.453 e. The largest absolute Gasteiger partial charge is 0.453 e. The molecule has 0 radical (unpaired) electrons. The van der Waals surface area contributed by atoms with Gasteiger partial charge in [-0.1, -0.05) is 48.5 Å². The second-order valence-electron chi connectivity index (χ2n) is 7.49. The standard InChI is InChI=1S/C24H26N2O4/c27-23(29-21-15-25-13-11-17-5-1-3-7-19(17)21)9-10-24(28)30-22-16-26-14-12-18-6-2-4-8-20(18)22/h1-10,21-22,25-26H,11-16H2/b10-9+. The summed E-state index contributed by atoms with van der Waals surface area (Å²) in [5.74, 6) is -1.12. The predicted molar refractivity (Wildman–Crippen MR) is 113 cm³/mol. The number of esters is 2. The summed E-state index contributed by atoms with van der Waals surface area (Å²) in [7, 11) is 0. The number of hydrogen-bond acceptors (Lipinski definition) is 6. The third-order valence-corrected chi connectivity index (χ3v) is 5.48. The van der Waals surface area contributed by atoms with Crippen molar-refractivity contribution >= 4 is 11.9 Å². The molecule has 4 rings (SSSR count). The first-order valence-electron chi connectivity index (χ1n) is 10.4. The summed E-state index contributed by atoms with van der Waals surface area (Å²) in [6.45, 7) is 2.77. The Labute approximate surface area is 176 Å². The van der Waals surface area contributed by atoms with Crippen LogP contribution in [0.3, 0.4) is 0 Å². The molecule has 0 aliphatic carbocycles. The molecule has 2 N–H and O–H groups in total. The molecule has 0 bridgehead atoms. The molecular formula is C24H26N2O4. The SMILES string of the molecule is O=C(/C=C/C(=O)OC1CNCCc2ccccc21)OC1CNCCc2ccccc21. The van der Waals surface area contributed by atoms with Crippen LogP contribution in [0.2, 0.25) is 0 Å². The second-order valence-corrected chi connectivity index (χ2v) is 7.49. The summed E-state index contributed by atoms with van der Waals surface area (Å²) in [5, 5.41) is 6.57. The van der Waals surface area contributed by atoms with Gasteiger partial charge in [0.2, 0.25) is 0 Å². The molecule has 2 unspecified atom stereocenters. The van der Waals surface area contributed by atoms with E-state index < -0.39 is 11.9 Å². The Hall–Kier alpha value is -2.96. The van der Waals surface area contributed by atoms with Crippen molar-refractivity contribution in [3.63, 3.8) is 0 Å². The van der Waals surface area contributed by atoms with Gasteiger partial charge < -0.3 is 20.1 Å². The zero-order valence-corrected chi connectivity index (χ0v) is 16.8. The molecule has 2 aliphatic rings. The van der Waals surface area contributed by atoms with Crippen LogP contribution in [0.25, 0.3) is 0 Å². The van der Waals surface area contributed by atoms with E-state index in [-0.39, 0.29) is 12.2 Å². The highest BCUT2D eigenvalue weighted by molar-refractivity contribution is 5.91. The van der Waals surface area contributed by atoms with Gasteiger partial charge >= 0.3 is 11.9 Å². The molecule has 2 aromatic rings. The fourth-order valence-electron chi connectivity index (χ4n) is 3.99. The first-order chi connectivity index (χ1) is 14.7. The monoisotopic (exact) mass is 406 g/mol. The fraction of sp³-hybridized carbons (Fsp3) is 0.333. The topological polar surface area (TPSA) is 76.7 Å². The molecule has 2 atom stereocenters. The number of carbonyl (C=O) groups is 2. The van der Waals surface area contributed by atoms with E-state index in [0.29, 0.717) is 13.1 Å². The van der Waals surface area contributed by atoms with Crippen LogP contribution in [-0.2, 0) is 31.9 Å². The molecule has 2 aliphatic heterocycles. The smallest absolute Gasteiger partial charge is 0.331 e. The van der Waals surface area contributed by atoms with Gasteiger partial charge in [-0.25, -0.2) is 9.59 Å². The van der Waals surface area contributed by atoms with Crippen LogP contribution in [0.4, 0.5) is 0 Å². The summed E-state index contributed by atoms with van der Waals surface area (Å²) in [4.78, 5) is 24.7. The summed E-state index contributed by atoms with van der Waals surface area (Å²) in [6.07, 6.45) is 3.31. The van der Waals surface area contributed by atoms with Crippen LogP contribution in [0, 0.1) is 0 Å². The van der Waals surface area contributed by atoms with Crippen LogP contribution in [-0.4, -0.2) is 38.1 Å². The fourth-order valence-corrected chi connectivity index (χ4v) is 3.99. The average Bonchev–Trinajstić information content (AvgIpc) is 3.09. The summed E-state index contributed by atoms with van der Waals surface area (Å²) >= 11 is 0. The number of ether oxygens (including phenoxy) is 2. The van der Waals surface area contributed by atoms with Gasteiger partial charge in [0, 0.05) is 25.2 Å². The van der Waals surface area contributed by atoms with Gasteiger partial charge in [0.15, 0.2) is 0 Å². The van der Waals surface area contributed by atoms with Gasteiger partial charge in [-0.05, 0) is 48.2 Å². The van der Waals surface area contributed by atoms with Crippen LogP contribution in [0.15, 0.2) is 60.7 Å². The highest BCUT2D eigenvalue weighted by atomic mass is 16.5. The Morgan fingerprint density at radius 2 is 1.17 bits per heavy atom. The maximum Gasteiger partial charge on any atom is 0.331 e. The van der Waals surface area contributed by atoms with E-state index in [4.69, 9.17) is 9.47 Å². The second kappa shape index (κ2) is 9.69. The van der Waals surface area contributed by atoms with Gasteiger partial charge in [-0.3, -0.25) is 0 Å². The molecular weight excluding hydrogens is 380 g/mol. The molecule has 0 fully saturated rings. The van der Waals surface area contributed by atoms with Crippen LogP contribution < -0.4 is 10.6 Å². The first kappa shape index (κ1) is 20.3. The number of benzene rings is 2. The number of fused-ring (bicyclic) bond motifs is 2. The van der Waals surface area contributed by atoms with Crippen molar-refractivity contribution in [3.05, 3.63) is 82.9 Å². The third-order valence-electron chi connectivity index (χ3n) is 5.48. The van der Waals surface area contributed by atoms with Crippen molar-refractivity contribution in [3.8, 4) is 0 Å². The lowest BCUT2D eigenvalue weighted by molar-refractivity contribution is -0.146. The van der Waals surface area contributed by atoms with E-state index >= 15 is 0 Å². The average molecular weight is 406 g/mol. The van der Waals surface area contributed by atoms with Gasteiger partial charge in [0.1, 0.15) is 12.2 Å². The lowest BCUT2D eigenvalue weighted by Gasteiger charge is -2.18. The lowest BCUT2D eigenvalue weighted by Crippen LogP contribution is -2.24. The van der Waals surface area contributed by atoms with Crippen molar-refractivity contribution in [2.24, 2.45) is 0 Å². The van der Waals surface area contributed by atoms with Crippen LogP contribution in [0.1, 0.15) is 34.5 Å². The molecule has 2 heterocycles. The van der Waals surface area contributed by atoms with E-state index in [1.54, 1.807) is 0 Å². The minimum absolute atomic E-state index is 0.380. The number of nitrogens with one attached hydrogen (secondary N) is 2. The Morgan fingerprint density at radius 3 is 1.63 bits per heavy atom. The molecule has 2 aromatic carbocycles. The van der Waals surface area contributed by atoms with Crippen molar-refractivity contribution in [2.45, 2.75) is 25.0 Å². The quantitative estimate of drug-likeness (QED) is 0.600. The van der Waals surface area contributed by atoms with Crippen molar-refractivity contribution < 1.29 is 19.1 Å². The van der Waals surface area contributed by atoms with Gasteiger partial charge in [0.25, 0.3) is 0 Å². The Morgan fingerprint density at radius 1 is 0.733 bits per heavy atom. The van der Waals surface area contributed by atoms with Gasteiger partial charge in [0.05, 0.1) is 0 Å². The molecule has 156 valence electrons.